The summed E-state index contributed by atoms with van der Waals surface area (Å²) in [5, 5.41) is 7.83. The molecule has 1 amide bonds. The van der Waals surface area contributed by atoms with Gasteiger partial charge in [0.15, 0.2) is 0 Å². The minimum absolute atomic E-state index is 0.288. The summed E-state index contributed by atoms with van der Waals surface area (Å²) in [6, 6.07) is 17.9. The number of aromatic nitrogens is 2. The SMILES string of the molecule is C=CC(=O)Nc1cc(Nc2ncc3cccc(-c4cccc(Cl)c4)c3n2)c(OC)cc1N1CCC(N(C)C)C1. The molecule has 0 bridgehead atoms. The van der Waals surface area contributed by atoms with Gasteiger partial charge in [-0.3, -0.25) is 4.79 Å². The summed E-state index contributed by atoms with van der Waals surface area (Å²) in [7, 11) is 5.80. The van der Waals surface area contributed by atoms with Crippen molar-refractivity contribution in [2.24, 2.45) is 0 Å². The molecule has 2 N–H and O–H groups in total. The molecule has 1 atom stereocenters. The lowest BCUT2D eigenvalue weighted by Gasteiger charge is -2.25. The standard InChI is InChI=1S/C30H31ClN6O2/c1-5-28(38)33-24-15-25(27(39-4)16-26(24)37-13-12-22(18-37)36(2)3)34-30-32-17-20-9-7-11-23(29(20)35-30)19-8-6-10-21(31)14-19/h5-11,14-17,22H,1,12-13,18H2,2-4H3,(H,33,38)(H,32,34,35). The van der Waals surface area contributed by atoms with Gasteiger partial charge in [0.1, 0.15) is 5.75 Å². The first kappa shape index (κ1) is 26.5. The minimum atomic E-state index is -0.288. The molecule has 5 rings (SSSR count). The van der Waals surface area contributed by atoms with Crippen molar-refractivity contribution >= 4 is 51.4 Å². The minimum Gasteiger partial charge on any atom is -0.494 e. The molecule has 4 aromatic rings. The number of para-hydroxylation sites is 1. The summed E-state index contributed by atoms with van der Waals surface area (Å²) in [5.74, 6) is 0.725. The molecule has 1 fully saturated rings. The highest BCUT2D eigenvalue weighted by Gasteiger charge is 2.27. The first-order chi connectivity index (χ1) is 18.9. The highest BCUT2D eigenvalue weighted by Crippen LogP contribution is 2.40. The molecule has 3 aromatic carbocycles. The van der Waals surface area contributed by atoms with Gasteiger partial charge in [0, 0.05) is 47.4 Å². The summed E-state index contributed by atoms with van der Waals surface area (Å²) in [6.45, 7) is 5.33. The number of ether oxygens (including phenoxy) is 1. The fraction of sp³-hybridized carbons (Fsp3) is 0.233. The number of methoxy groups -OCH3 is 1. The van der Waals surface area contributed by atoms with Crippen LogP contribution in [0.25, 0.3) is 22.0 Å². The van der Waals surface area contributed by atoms with Crippen LogP contribution < -0.4 is 20.3 Å². The summed E-state index contributed by atoms with van der Waals surface area (Å²) >= 11 is 6.26. The Morgan fingerprint density at radius 1 is 1.18 bits per heavy atom. The van der Waals surface area contributed by atoms with Crippen molar-refractivity contribution in [3.05, 3.63) is 78.5 Å². The maximum atomic E-state index is 12.3. The second-order valence-electron chi connectivity index (χ2n) is 9.69. The van der Waals surface area contributed by atoms with Crippen LogP contribution in [0.5, 0.6) is 5.75 Å². The monoisotopic (exact) mass is 542 g/mol. The second kappa shape index (κ2) is 11.3. The molecule has 0 spiro atoms. The summed E-state index contributed by atoms with van der Waals surface area (Å²) in [5.41, 5.74) is 4.88. The molecule has 1 aromatic heterocycles. The molecule has 1 saturated heterocycles. The van der Waals surface area contributed by atoms with E-state index in [4.69, 9.17) is 21.3 Å². The van der Waals surface area contributed by atoms with Gasteiger partial charge in [0.2, 0.25) is 11.9 Å². The molecule has 1 aliphatic rings. The number of nitrogens with zero attached hydrogens (tertiary/aromatic N) is 4. The van der Waals surface area contributed by atoms with Crippen molar-refractivity contribution < 1.29 is 9.53 Å². The third kappa shape index (κ3) is 5.67. The molecule has 1 unspecified atom stereocenters. The maximum Gasteiger partial charge on any atom is 0.247 e. The van der Waals surface area contributed by atoms with Crippen molar-refractivity contribution in [1.29, 1.82) is 0 Å². The molecule has 9 heteroatoms. The van der Waals surface area contributed by atoms with Crippen LogP contribution >= 0.6 is 11.6 Å². The Balaban J connectivity index is 1.54. The molecular formula is C30H31ClN6O2. The zero-order chi connectivity index (χ0) is 27.5. The number of anilines is 4. The average molecular weight is 543 g/mol. The number of likely N-dealkylation sites (N-methyl/N-ethyl adjacent to an activating group) is 1. The van der Waals surface area contributed by atoms with Gasteiger partial charge in [-0.1, -0.05) is 48.5 Å². The number of hydrogen-bond acceptors (Lipinski definition) is 7. The van der Waals surface area contributed by atoms with Crippen molar-refractivity contribution in [2.45, 2.75) is 12.5 Å². The van der Waals surface area contributed by atoms with Crippen molar-refractivity contribution in [1.82, 2.24) is 14.9 Å². The fourth-order valence-electron chi connectivity index (χ4n) is 4.89. The third-order valence-electron chi connectivity index (χ3n) is 6.99. The van der Waals surface area contributed by atoms with E-state index >= 15 is 0 Å². The lowest BCUT2D eigenvalue weighted by molar-refractivity contribution is -0.111. The van der Waals surface area contributed by atoms with E-state index in [0.29, 0.717) is 34.1 Å². The Labute approximate surface area is 233 Å². The van der Waals surface area contributed by atoms with Crippen LogP contribution in [0.4, 0.5) is 23.0 Å². The number of carbonyl (C=O) groups is 1. The van der Waals surface area contributed by atoms with Crippen LogP contribution in [0.15, 0.2) is 73.4 Å². The third-order valence-corrected chi connectivity index (χ3v) is 7.22. The van der Waals surface area contributed by atoms with Crippen LogP contribution in [0.1, 0.15) is 6.42 Å². The molecule has 0 radical (unpaired) electrons. The number of halogens is 1. The van der Waals surface area contributed by atoms with Crippen molar-refractivity contribution in [2.75, 3.05) is 49.8 Å². The number of rotatable bonds is 8. The predicted octanol–water partition coefficient (Wildman–Crippen LogP) is 5.97. The molecule has 39 heavy (non-hydrogen) atoms. The summed E-state index contributed by atoms with van der Waals surface area (Å²) < 4.78 is 5.77. The lowest BCUT2D eigenvalue weighted by atomic mass is 10.0. The molecule has 8 nitrogen and oxygen atoms in total. The number of benzene rings is 3. The molecule has 1 aliphatic heterocycles. The largest absolute Gasteiger partial charge is 0.494 e. The van der Waals surface area contributed by atoms with E-state index in [9.17, 15) is 4.79 Å². The number of hydrogen-bond donors (Lipinski definition) is 2. The van der Waals surface area contributed by atoms with Crippen molar-refractivity contribution in [3.63, 3.8) is 0 Å². The number of amides is 1. The van der Waals surface area contributed by atoms with Gasteiger partial charge in [-0.15, -0.1) is 0 Å². The van der Waals surface area contributed by atoms with Gasteiger partial charge in [0.05, 0.1) is 29.7 Å². The fourth-order valence-corrected chi connectivity index (χ4v) is 5.08. The predicted molar refractivity (Wildman–Crippen MR) is 159 cm³/mol. The zero-order valence-corrected chi connectivity index (χ0v) is 23.0. The van der Waals surface area contributed by atoms with Gasteiger partial charge >= 0.3 is 0 Å². The first-order valence-electron chi connectivity index (χ1n) is 12.7. The number of carbonyl (C=O) groups excluding carboxylic acids is 1. The van der Waals surface area contributed by atoms with Crippen LogP contribution in [-0.2, 0) is 4.79 Å². The Bertz CT molecular complexity index is 1540. The quantitative estimate of drug-likeness (QED) is 0.265. The van der Waals surface area contributed by atoms with E-state index in [0.717, 1.165) is 47.2 Å². The highest BCUT2D eigenvalue weighted by molar-refractivity contribution is 6.30. The molecule has 2 heterocycles. The number of nitrogens with one attached hydrogen (secondary N) is 2. The maximum absolute atomic E-state index is 12.3. The lowest BCUT2D eigenvalue weighted by Crippen LogP contribution is -2.31. The van der Waals surface area contributed by atoms with E-state index in [-0.39, 0.29) is 5.91 Å². The Kier molecular flexibility index (Phi) is 7.67. The summed E-state index contributed by atoms with van der Waals surface area (Å²) in [6.07, 6.45) is 4.08. The van der Waals surface area contributed by atoms with Gasteiger partial charge in [-0.25, -0.2) is 9.97 Å². The summed E-state index contributed by atoms with van der Waals surface area (Å²) in [4.78, 5) is 26.2. The van der Waals surface area contributed by atoms with Crippen LogP contribution in [-0.4, -0.2) is 61.1 Å². The normalized spacial score (nSPS) is 15.0. The van der Waals surface area contributed by atoms with Gasteiger partial charge in [-0.2, -0.15) is 0 Å². The Morgan fingerprint density at radius 2 is 2.00 bits per heavy atom. The first-order valence-corrected chi connectivity index (χ1v) is 13.1. The highest BCUT2D eigenvalue weighted by atomic mass is 35.5. The topological polar surface area (TPSA) is 82.6 Å². The average Bonchev–Trinajstić information content (AvgIpc) is 3.43. The van der Waals surface area contributed by atoms with E-state index in [1.807, 2.05) is 54.6 Å². The van der Waals surface area contributed by atoms with Crippen LogP contribution in [0.2, 0.25) is 5.02 Å². The van der Waals surface area contributed by atoms with E-state index < -0.39 is 0 Å². The van der Waals surface area contributed by atoms with Crippen LogP contribution in [0, 0.1) is 0 Å². The Hall–Kier alpha value is -4.14. The van der Waals surface area contributed by atoms with Gasteiger partial charge < -0.3 is 25.2 Å². The number of fused-ring (bicyclic) bond motifs is 1. The van der Waals surface area contributed by atoms with E-state index in [1.54, 1.807) is 13.3 Å². The van der Waals surface area contributed by atoms with Gasteiger partial charge in [0.25, 0.3) is 0 Å². The van der Waals surface area contributed by atoms with Crippen LogP contribution in [0.3, 0.4) is 0 Å². The van der Waals surface area contributed by atoms with Crippen molar-refractivity contribution in [3.8, 4) is 16.9 Å². The van der Waals surface area contributed by atoms with E-state index in [1.165, 1.54) is 6.08 Å². The second-order valence-corrected chi connectivity index (χ2v) is 10.1. The Morgan fingerprint density at radius 3 is 2.72 bits per heavy atom. The molecule has 0 saturated carbocycles. The van der Waals surface area contributed by atoms with Gasteiger partial charge in [-0.05, 0) is 50.4 Å². The molecule has 0 aliphatic carbocycles. The smallest absolute Gasteiger partial charge is 0.247 e. The molecular weight excluding hydrogens is 512 g/mol. The van der Waals surface area contributed by atoms with E-state index in [2.05, 4.69) is 46.1 Å². The zero-order valence-electron chi connectivity index (χ0n) is 22.2. The molecule has 200 valence electrons.